The first-order valence-corrected chi connectivity index (χ1v) is 8.70. The summed E-state index contributed by atoms with van der Waals surface area (Å²) in [5.74, 6) is 0.104. The van der Waals surface area contributed by atoms with E-state index >= 15 is 0 Å². The number of nitrogens with one attached hydrogen (secondary N) is 1. The maximum Gasteiger partial charge on any atom is 0.226 e. The Morgan fingerprint density at radius 1 is 1.20 bits per heavy atom. The molecule has 2 aromatic rings. The Labute approximate surface area is 148 Å². The molecule has 0 radical (unpaired) electrons. The molecule has 0 spiro atoms. The van der Waals surface area contributed by atoms with Crippen LogP contribution in [0.5, 0.6) is 0 Å². The van der Waals surface area contributed by atoms with Gasteiger partial charge in [0.15, 0.2) is 0 Å². The molecule has 1 aromatic heterocycles. The van der Waals surface area contributed by atoms with Gasteiger partial charge in [-0.05, 0) is 42.0 Å². The average molecular weight is 336 g/mol. The Morgan fingerprint density at radius 2 is 1.96 bits per heavy atom. The summed E-state index contributed by atoms with van der Waals surface area (Å²) in [7, 11) is 0. The molecule has 1 saturated heterocycles. The monoisotopic (exact) mass is 336 g/mol. The summed E-state index contributed by atoms with van der Waals surface area (Å²) >= 11 is 0. The van der Waals surface area contributed by atoms with Crippen molar-refractivity contribution in [2.45, 2.75) is 19.3 Å². The Kier molecular flexibility index (Phi) is 5.61. The number of aromatic nitrogens is 1. The van der Waals surface area contributed by atoms with Crippen molar-refractivity contribution in [3.05, 3.63) is 67.0 Å². The molecule has 130 valence electrons. The average Bonchev–Trinajstić information content (AvgIpc) is 2.68. The summed E-state index contributed by atoms with van der Waals surface area (Å²) in [5, 5.41) is 2.98. The van der Waals surface area contributed by atoms with Gasteiger partial charge in [-0.3, -0.25) is 9.78 Å². The fourth-order valence-corrected chi connectivity index (χ4v) is 3.34. The molecule has 25 heavy (non-hydrogen) atoms. The number of rotatable bonds is 6. The third kappa shape index (κ3) is 4.15. The fraction of sp³-hybridized carbons (Fsp3) is 0.333. The van der Waals surface area contributed by atoms with Crippen molar-refractivity contribution in [3.8, 4) is 11.1 Å². The molecule has 1 fully saturated rings. The molecule has 0 unspecified atom stereocenters. The summed E-state index contributed by atoms with van der Waals surface area (Å²) in [4.78, 5) is 16.9. The zero-order chi connectivity index (χ0) is 17.5. The number of benzene rings is 1. The molecule has 1 amide bonds. The first kappa shape index (κ1) is 17.4. The van der Waals surface area contributed by atoms with Crippen LogP contribution in [0.25, 0.3) is 11.1 Å². The topological polar surface area (TPSA) is 51.2 Å². The Hall–Kier alpha value is -2.46. The number of carbonyl (C=O) groups excluding carboxylic acids is 1. The lowest BCUT2D eigenvalue weighted by Crippen LogP contribution is -2.46. The summed E-state index contributed by atoms with van der Waals surface area (Å²) < 4.78 is 5.49. The van der Waals surface area contributed by atoms with Gasteiger partial charge in [-0.15, -0.1) is 6.58 Å². The molecule has 1 aromatic carbocycles. The van der Waals surface area contributed by atoms with Crippen molar-refractivity contribution in [3.63, 3.8) is 0 Å². The van der Waals surface area contributed by atoms with Crippen LogP contribution in [0.2, 0.25) is 0 Å². The van der Waals surface area contributed by atoms with E-state index in [-0.39, 0.29) is 5.91 Å². The molecule has 3 rings (SSSR count). The summed E-state index contributed by atoms with van der Waals surface area (Å²) in [6.07, 6.45) is 7.58. The minimum Gasteiger partial charge on any atom is -0.381 e. The highest BCUT2D eigenvalue weighted by molar-refractivity contribution is 5.83. The van der Waals surface area contributed by atoms with Crippen LogP contribution in [0.3, 0.4) is 0 Å². The van der Waals surface area contributed by atoms with E-state index in [1.165, 1.54) is 5.56 Å². The van der Waals surface area contributed by atoms with Crippen LogP contribution in [0.15, 0.2) is 61.4 Å². The highest BCUT2D eigenvalue weighted by atomic mass is 16.5. The Bertz CT molecular complexity index is 704. The number of hydrogen-bond donors (Lipinski definition) is 1. The molecule has 1 aliphatic heterocycles. The Morgan fingerprint density at radius 3 is 2.60 bits per heavy atom. The van der Waals surface area contributed by atoms with Crippen LogP contribution >= 0.6 is 0 Å². The largest absolute Gasteiger partial charge is 0.381 e. The van der Waals surface area contributed by atoms with Crippen LogP contribution in [0.4, 0.5) is 0 Å². The van der Waals surface area contributed by atoms with E-state index in [9.17, 15) is 4.79 Å². The lowest BCUT2D eigenvalue weighted by molar-refractivity contribution is -0.136. The van der Waals surface area contributed by atoms with Crippen LogP contribution in [-0.2, 0) is 16.0 Å². The molecule has 1 N–H and O–H groups in total. The maximum absolute atomic E-state index is 12.7. The predicted molar refractivity (Wildman–Crippen MR) is 99.1 cm³/mol. The quantitative estimate of drug-likeness (QED) is 0.823. The van der Waals surface area contributed by atoms with Gasteiger partial charge >= 0.3 is 0 Å². The number of pyridine rings is 1. The third-order valence-corrected chi connectivity index (χ3v) is 4.83. The maximum atomic E-state index is 12.7. The van der Waals surface area contributed by atoms with Crippen molar-refractivity contribution < 1.29 is 9.53 Å². The molecular formula is C21H24N2O2. The highest BCUT2D eigenvalue weighted by Crippen LogP contribution is 2.35. The summed E-state index contributed by atoms with van der Waals surface area (Å²) in [6, 6.07) is 12.4. The first-order valence-electron chi connectivity index (χ1n) is 8.70. The van der Waals surface area contributed by atoms with E-state index in [0.29, 0.717) is 19.8 Å². The van der Waals surface area contributed by atoms with E-state index < -0.39 is 5.41 Å². The molecule has 4 heteroatoms. The van der Waals surface area contributed by atoms with Gasteiger partial charge in [-0.2, -0.15) is 0 Å². The zero-order valence-electron chi connectivity index (χ0n) is 14.4. The van der Waals surface area contributed by atoms with Crippen molar-refractivity contribution in [2.75, 3.05) is 19.8 Å². The number of carbonyl (C=O) groups is 1. The number of nitrogens with zero attached hydrogens (tertiary/aromatic N) is 1. The van der Waals surface area contributed by atoms with Crippen LogP contribution < -0.4 is 5.32 Å². The fourth-order valence-electron chi connectivity index (χ4n) is 3.34. The van der Waals surface area contributed by atoms with Crippen LogP contribution in [0.1, 0.15) is 18.4 Å². The molecule has 1 aliphatic rings. The second-order valence-corrected chi connectivity index (χ2v) is 6.51. The molecule has 0 saturated carbocycles. The first-order chi connectivity index (χ1) is 12.2. The minimum atomic E-state index is -0.392. The number of amides is 1. The molecule has 4 nitrogen and oxygen atoms in total. The second-order valence-electron chi connectivity index (χ2n) is 6.51. The normalized spacial score (nSPS) is 16.2. The van der Waals surface area contributed by atoms with Crippen molar-refractivity contribution in [2.24, 2.45) is 5.41 Å². The standard InChI is InChI=1S/C21H24N2O2/c1-2-11-23-20(24)21(9-13-25-14-10-21)15-17-5-7-18(8-6-17)19-4-3-12-22-16-19/h2-8,12,16H,1,9-11,13-15H2,(H,23,24). The van der Waals surface area contributed by atoms with E-state index in [1.54, 1.807) is 12.3 Å². The zero-order valence-corrected chi connectivity index (χ0v) is 14.4. The predicted octanol–water partition coefficient (Wildman–Crippen LogP) is 3.39. The van der Waals surface area contributed by atoms with E-state index in [1.807, 2.05) is 18.3 Å². The van der Waals surface area contributed by atoms with Gasteiger partial charge in [0.2, 0.25) is 5.91 Å². The van der Waals surface area contributed by atoms with Gasteiger partial charge in [0.05, 0.1) is 5.41 Å². The van der Waals surface area contributed by atoms with E-state index in [4.69, 9.17) is 4.74 Å². The van der Waals surface area contributed by atoms with E-state index in [0.717, 1.165) is 30.4 Å². The van der Waals surface area contributed by atoms with Crippen LogP contribution in [0, 0.1) is 5.41 Å². The van der Waals surface area contributed by atoms with Crippen molar-refractivity contribution >= 4 is 5.91 Å². The molecule has 0 atom stereocenters. The summed E-state index contributed by atoms with van der Waals surface area (Å²) in [5.41, 5.74) is 3.01. The summed E-state index contributed by atoms with van der Waals surface area (Å²) in [6.45, 7) is 5.45. The van der Waals surface area contributed by atoms with Crippen molar-refractivity contribution in [1.29, 1.82) is 0 Å². The molecule has 0 aliphatic carbocycles. The van der Waals surface area contributed by atoms with Crippen LogP contribution in [-0.4, -0.2) is 30.6 Å². The number of hydrogen-bond acceptors (Lipinski definition) is 3. The molecule has 2 heterocycles. The van der Waals surface area contributed by atoms with E-state index in [2.05, 4.69) is 41.1 Å². The van der Waals surface area contributed by atoms with Gasteiger partial charge < -0.3 is 10.1 Å². The Balaban J connectivity index is 1.77. The third-order valence-electron chi connectivity index (χ3n) is 4.83. The SMILES string of the molecule is C=CCNC(=O)C1(Cc2ccc(-c3cccnc3)cc2)CCOCC1. The number of ether oxygens (including phenoxy) is 1. The van der Waals surface area contributed by atoms with Gasteiger partial charge in [-0.1, -0.05) is 36.4 Å². The highest BCUT2D eigenvalue weighted by Gasteiger charge is 2.39. The van der Waals surface area contributed by atoms with Gasteiger partial charge in [0.1, 0.15) is 0 Å². The molecule has 0 bridgehead atoms. The van der Waals surface area contributed by atoms with Crippen molar-refractivity contribution in [1.82, 2.24) is 10.3 Å². The minimum absolute atomic E-state index is 0.104. The second kappa shape index (κ2) is 8.08. The van der Waals surface area contributed by atoms with Gasteiger partial charge in [0, 0.05) is 32.2 Å². The molecular weight excluding hydrogens is 312 g/mol. The lowest BCUT2D eigenvalue weighted by Gasteiger charge is -2.36. The van der Waals surface area contributed by atoms with Gasteiger partial charge in [0.25, 0.3) is 0 Å². The lowest BCUT2D eigenvalue weighted by atomic mass is 9.74. The van der Waals surface area contributed by atoms with Gasteiger partial charge in [-0.25, -0.2) is 0 Å². The smallest absolute Gasteiger partial charge is 0.226 e.